The number of benzene rings is 1. The molecule has 0 spiro atoms. The summed E-state index contributed by atoms with van der Waals surface area (Å²) in [6.45, 7) is 1.48. The summed E-state index contributed by atoms with van der Waals surface area (Å²) in [5.41, 5.74) is 2.22. The molecule has 134 valence electrons. The number of piperidine rings is 1. The number of anilines is 2. The number of H-pyrrole nitrogens is 1. The number of amides is 1. The van der Waals surface area contributed by atoms with E-state index in [9.17, 15) is 4.79 Å². The number of fused-ring (bicyclic) bond motifs is 1. The Balaban J connectivity index is 1.47. The number of rotatable bonds is 4. The van der Waals surface area contributed by atoms with Gasteiger partial charge < -0.3 is 19.9 Å². The Morgan fingerprint density at radius 2 is 2.12 bits per heavy atom. The van der Waals surface area contributed by atoms with Gasteiger partial charge in [0.05, 0.1) is 19.4 Å². The van der Waals surface area contributed by atoms with E-state index in [0.29, 0.717) is 12.2 Å². The molecule has 26 heavy (non-hydrogen) atoms. The molecule has 0 saturated carbocycles. The lowest BCUT2D eigenvalue weighted by molar-refractivity contribution is -0.120. The molecule has 1 saturated heterocycles. The van der Waals surface area contributed by atoms with Gasteiger partial charge in [-0.15, -0.1) is 0 Å². The molecule has 1 amide bonds. The van der Waals surface area contributed by atoms with E-state index in [2.05, 4.69) is 30.2 Å². The van der Waals surface area contributed by atoms with E-state index in [-0.39, 0.29) is 11.8 Å². The molecule has 2 N–H and O–H groups in total. The molecule has 1 aliphatic rings. The average molecular weight is 352 g/mol. The maximum atomic E-state index is 12.7. The number of nitrogens with one attached hydrogen (secondary N) is 2. The predicted octanol–water partition coefficient (Wildman–Crippen LogP) is 2.22. The first kappa shape index (κ1) is 16.3. The number of aromatic nitrogens is 4. The van der Waals surface area contributed by atoms with E-state index < -0.39 is 0 Å². The molecule has 1 fully saturated rings. The van der Waals surface area contributed by atoms with Gasteiger partial charge in [-0.3, -0.25) is 4.79 Å². The number of carbonyl (C=O) groups excluding carboxylic acids is 1. The van der Waals surface area contributed by atoms with Crippen molar-refractivity contribution in [3.63, 3.8) is 0 Å². The molecule has 0 aliphatic carbocycles. The lowest BCUT2D eigenvalue weighted by Gasteiger charge is -2.32. The average Bonchev–Trinajstić information content (AvgIpc) is 3.17. The van der Waals surface area contributed by atoms with Crippen molar-refractivity contribution in [1.82, 2.24) is 19.9 Å². The third kappa shape index (κ3) is 3.17. The van der Waals surface area contributed by atoms with Gasteiger partial charge in [0.2, 0.25) is 5.91 Å². The van der Waals surface area contributed by atoms with Crippen LogP contribution in [0.3, 0.4) is 0 Å². The maximum absolute atomic E-state index is 12.7. The summed E-state index contributed by atoms with van der Waals surface area (Å²) >= 11 is 0. The fourth-order valence-electron chi connectivity index (χ4n) is 3.29. The van der Waals surface area contributed by atoms with Crippen LogP contribution in [0.4, 0.5) is 11.5 Å². The van der Waals surface area contributed by atoms with Gasteiger partial charge in [-0.05, 0) is 37.1 Å². The van der Waals surface area contributed by atoms with Gasteiger partial charge in [0.1, 0.15) is 17.6 Å². The van der Waals surface area contributed by atoms with Gasteiger partial charge in [0.25, 0.3) is 0 Å². The molecule has 4 rings (SSSR count). The van der Waals surface area contributed by atoms with Crippen LogP contribution in [0.25, 0.3) is 11.2 Å². The minimum absolute atomic E-state index is 0.0229. The highest BCUT2D eigenvalue weighted by molar-refractivity contribution is 5.93. The molecule has 8 heteroatoms. The number of hydrogen-bond acceptors (Lipinski definition) is 6. The normalized spacial score (nSPS) is 17.3. The van der Waals surface area contributed by atoms with E-state index in [1.54, 1.807) is 13.4 Å². The Morgan fingerprint density at radius 3 is 2.92 bits per heavy atom. The van der Waals surface area contributed by atoms with Gasteiger partial charge in [-0.2, -0.15) is 0 Å². The third-order valence-electron chi connectivity index (χ3n) is 4.65. The molecular formula is C18H20N6O2. The lowest BCUT2D eigenvalue weighted by atomic mass is 9.97. The van der Waals surface area contributed by atoms with E-state index >= 15 is 0 Å². The highest BCUT2D eigenvalue weighted by Gasteiger charge is 2.28. The van der Waals surface area contributed by atoms with Crippen molar-refractivity contribution in [2.45, 2.75) is 12.8 Å². The van der Waals surface area contributed by atoms with Crippen LogP contribution >= 0.6 is 0 Å². The Kier molecular flexibility index (Phi) is 4.39. The number of methoxy groups -OCH3 is 1. The molecule has 0 bridgehead atoms. The van der Waals surface area contributed by atoms with Crippen LogP contribution in [0.5, 0.6) is 5.75 Å². The van der Waals surface area contributed by atoms with Crippen LogP contribution < -0.4 is 15.0 Å². The zero-order chi connectivity index (χ0) is 17.9. The number of aromatic amines is 1. The number of hydrogen-bond donors (Lipinski definition) is 2. The maximum Gasteiger partial charge on any atom is 0.229 e. The summed E-state index contributed by atoms with van der Waals surface area (Å²) in [6.07, 6.45) is 4.91. The predicted molar refractivity (Wildman–Crippen MR) is 98.2 cm³/mol. The Hall–Kier alpha value is -3.16. The Bertz CT molecular complexity index is 907. The van der Waals surface area contributed by atoms with Crippen molar-refractivity contribution >= 4 is 28.6 Å². The van der Waals surface area contributed by atoms with E-state index in [0.717, 1.165) is 42.2 Å². The first-order chi connectivity index (χ1) is 12.7. The van der Waals surface area contributed by atoms with Crippen LogP contribution in [0.15, 0.2) is 36.9 Å². The summed E-state index contributed by atoms with van der Waals surface area (Å²) in [6, 6.07) is 7.35. The summed E-state index contributed by atoms with van der Waals surface area (Å²) < 4.78 is 5.14. The van der Waals surface area contributed by atoms with E-state index in [4.69, 9.17) is 4.74 Å². The first-order valence-electron chi connectivity index (χ1n) is 8.58. The van der Waals surface area contributed by atoms with Crippen LogP contribution in [0.2, 0.25) is 0 Å². The Morgan fingerprint density at radius 1 is 1.27 bits per heavy atom. The van der Waals surface area contributed by atoms with Gasteiger partial charge >= 0.3 is 0 Å². The second kappa shape index (κ2) is 6.99. The zero-order valence-corrected chi connectivity index (χ0v) is 14.5. The summed E-state index contributed by atoms with van der Waals surface area (Å²) in [5, 5.41) is 2.99. The number of carbonyl (C=O) groups is 1. The molecule has 1 aliphatic heterocycles. The molecule has 3 heterocycles. The van der Waals surface area contributed by atoms with Crippen LogP contribution in [0, 0.1) is 5.92 Å². The second-order valence-corrected chi connectivity index (χ2v) is 6.30. The van der Waals surface area contributed by atoms with Crippen molar-refractivity contribution < 1.29 is 9.53 Å². The molecule has 1 aromatic carbocycles. The van der Waals surface area contributed by atoms with Gasteiger partial charge in [0.15, 0.2) is 11.5 Å². The van der Waals surface area contributed by atoms with Gasteiger partial charge in [0, 0.05) is 18.8 Å². The lowest BCUT2D eigenvalue weighted by Crippen LogP contribution is -2.41. The highest BCUT2D eigenvalue weighted by atomic mass is 16.5. The second-order valence-electron chi connectivity index (χ2n) is 6.30. The highest BCUT2D eigenvalue weighted by Crippen LogP contribution is 2.26. The number of imidazole rings is 1. The smallest absolute Gasteiger partial charge is 0.229 e. The number of ether oxygens (including phenoxy) is 1. The minimum Gasteiger partial charge on any atom is -0.497 e. The molecule has 0 radical (unpaired) electrons. The molecule has 1 atom stereocenters. The SMILES string of the molecule is COc1ccc(NC(=O)C2CCCN(c3ncnc4nc[nH]c34)C2)cc1. The van der Waals surface area contributed by atoms with Crippen molar-refractivity contribution in [3.8, 4) is 5.75 Å². The summed E-state index contributed by atoms with van der Waals surface area (Å²) in [7, 11) is 1.62. The standard InChI is InChI=1S/C18H20N6O2/c1-26-14-6-4-13(5-7-14)23-18(25)12-3-2-8-24(9-12)17-15-16(20-10-19-15)21-11-22-17/h4-7,10-12H,2-3,8-9H2,1H3,(H,23,25)(H,19,20,21,22). The number of nitrogens with zero attached hydrogens (tertiary/aromatic N) is 4. The van der Waals surface area contributed by atoms with E-state index in [1.165, 1.54) is 6.33 Å². The van der Waals surface area contributed by atoms with Crippen LogP contribution in [-0.2, 0) is 4.79 Å². The molecule has 2 aromatic heterocycles. The molecular weight excluding hydrogens is 332 g/mol. The third-order valence-corrected chi connectivity index (χ3v) is 4.65. The largest absolute Gasteiger partial charge is 0.497 e. The fourth-order valence-corrected chi connectivity index (χ4v) is 3.29. The Labute approximate surface area is 150 Å². The first-order valence-corrected chi connectivity index (χ1v) is 8.58. The van der Waals surface area contributed by atoms with E-state index in [1.807, 2.05) is 24.3 Å². The summed E-state index contributed by atoms with van der Waals surface area (Å²) in [5.74, 6) is 1.49. The van der Waals surface area contributed by atoms with Crippen molar-refractivity contribution in [2.24, 2.45) is 5.92 Å². The molecule has 1 unspecified atom stereocenters. The minimum atomic E-state index is -0.0983. The molecule has 3 aromatic rings. The quantitative estimate of drug-likeness (QED) is 0.747. The molecule has 8 nitrogen and oxygen atoms in total. The zero-order valence-electron chi connectivity index (χ0n) is 14.5. The fraction of sp³-hybridized carbons (Fsp3) is 0.333. The van der Waals surface area contributed by atoms with Crippen molar-refractivity contribution in [2.75, 3.05) is 30.4 Å². The summed E-state index contributed by atoms with van der Waals surface area (Å²) in [4.78, 5) is 30.6. The van der Waals surface area contributed by atoms with Crippen LogP contribution in [0.1, 0.15) is 12.8 Å². The van der Waals surface area contributed by atoms with Gasteiger partial charge in [-0.1, -0.05) is 0 Å². The monoisotopic (exact) mass is 352 g/mol. The van der Waals surface area contributed by atoms with Crippen molar-refractivity contribution in [3.05, 3.63) is 36.9 Å². The topological polar surface area (TPSA) is 96.0 Å². The van der Waals surface area contributed by atoms with Gasteiger partial charge in [-0.25, -0.2) is 15.0 Å². The van der Waals surface area contributed by atoms with Crippen molar-refractivity contribution in [1.29, 1.82) is 0 Å². The van der Waals surface area contributed by atoms with Crippen LogP contribution in [-0.4, -0.2) is 46.0 Å².